The predicted molar refractivity (Wildman–Crippen MR) is 97.4 cm³/mol. The number of phenolic OH excluding ortho intramolecular Hbond substituents is 2. The molecule has 0 saturated heterocycles. The summed E-state index contributed by atoms with van der Waals surface area (Å²) in [5.41, 5.74) is 5.50. The highest BCUT2D eigenvalue weighted by atomic mass is 16.3. The summed E-state index contributed by atoms with van der Waals surface area (Å²) in [7, 11) is 0. The maximum Gasteiger partial charge on any atom is 0.155 e. The van der Waals surface area contributed by atoms with E-state index in [0.717, 1.165) is 35.6 Å². The second kappa shape index (κ2) is 5.77. The van der Waals surface area contributed by atoms with E-state index in [1.807, 2.05) is 43.0 Å². The molecule has 3 aromatic rings. The van der Waals surface area contributed by atoms with Crippen molar-refractivity contribution in [2.75, 3.05) is 11.4 Å². The lowest BCUT2D eigenvalue weighted by Gasteiger charge is -2.18. The minimum atomic E-state index is 0.219. The van der Waals surface area contributed by atoms with Gasteiger partial charge in [0.25, 0.3) is 0 Å². The molecule has 1 aromatic heterocycles. The fraction of sp³-hybridized carbons (Fsp3) is 0.200. The lowest BCUT2D eigenvalue weighted by atomic mass is 10.0. The molecule has 0 saturated carbocycles. The molecule has 25 heavy (non-hydrogen) atoms. The minimum absolute atomic E-state index is 0.219. The lowest BCUT2D eigenvalue weighted by Crippen LogP contribution is -2.15. The van der Waals surface area contributed by atoms with Gasteiger partial charge < -0.3 is 15.1 Å². The maximum absolute atomic E-state index is 10.3. The molecule has 0 unspecified atom stereocenters. The third kappa shape index (κ3) is 2.67. The summed E-state index contributed by atoms with van der Waals surface area (Å²) in [4.78, 5) is 2.05. The van der Waals surface area contributed by atoms with Crippen molar-refractivity contribution in [2.24, 2.45) is 0 Å². The van der Waals surface area contributed by atoms with Crippen molar-refractivity contribution < 1.29 is 10.2 Å². The Hall–Kier alpha value is -3.08. The van der Waals surface area contributed by atoms with Gasteiger partial charge in [0.15, 0.2) is 5.82 Å². The van der Waals surface area contributed by atoms with Crippen LogP contribution in [0.25, 0.3) is 11.3 Å². The van der Waals surface area contributed by atoms with Gasteiger partial charge in [-0.3, -0.25) is 0 Å². The SMILES string of the molecule is Cc1cc(C)c(-c2ccc(N3CCc4ccc(O)cc43)nn2)c(O)c1. The summed E-state index contributed by atoms with van der Waals surface area (Å²) >= 11 is 0. The van der Waals surface area contributed by atoms with Crippen molar-refractivity contribution in [2.45, 2.75) is 20.3 Å². The highest BCUT2D eigenvalue weighted by Gasteiger charge is 2.22. The van der Waals surface area contributed by atoms with Crippen molar-refractivity contribution >= 4 is 11.5 Å². The summed E-state index contributed by atoms with van der Waals surface area (Å²) in [5.74, 6) is 1.20. The Morgan fingerprint density at radius 2 is 1.80 bits per heavy atom. The molecule has 4 rings (SSSR count). The van der Waals surface area contributed by atoms with Gasteiger partial charge in [-0.05, 0) is 61.2 Å². The Labute approximate surface area is 146 Å². The number of phenols is 2. The first-order valence-corrected chi connectivity index (χ1v) is 8.26. The molecule has 0 bridgehead atoms. The molecule has 5 nitrogen and oxygen atoms in total. The highest BCUT2D eigenvalue weighted by molar-refractivity contribution is 5.73. The summed E-state index contributed by atoms with van der Waals surface area (Å²) in [6.07, 6.45) is 0.914. The fourth-order valence-corrected chi connectivity index (χ4v) is 3.49. The number of aromatic nitrogens is 2. The number of anilines is 2. The molecule has 0 fully saturated rings. The zero-order chi connectivity index (χ0) is 17.6. The van der Waals surface area contributed by atoms with Crippen molar-refractivity contribution in [3.05, 3.63) is 59.2 Å². The van der Waals surface area contributed by atoms with E-state index >= 15 is 0 Å². The summed E-state index contributed by atoms with van der Waals surface area (Å²) in [5, 5.41) is 28.7. The van der Waals surface area contributed by atoms with Crippen LogP contribution in [0.15, 0.2) is 42.5 Å². The molecule has 0 spiro atoms. The molecular weight excluding hydrogens is 314 g/mol. The van der Waals surface area contributed by atoms with Crippen LogP contribution in [0.1, 0.15) is 16.7 Å². The topological polar surface area (TPSA) is 69.5 Å². The van der Waals surface area contributed by atoms with E-state index in [2.05, 4.69) is 10.2 Å². The smallest absolute Gasteiger partial charge is 0.155 e. The van der Waals surface area contributed by atoms with E-state index in [1.165, 1.54) is 5.56 Å². The number of benzene rings is 2. The van der Waals surface area contributed by atoms with Gasteiger partial charge in [0.05, 0.1) is 5.69 Å². The zero-order valence-electron chi connectivity index (χ0n) is 14.2. The molecule has 126 valence electrons. The minimum Gasteiger partial charge on any atom is -0.508 e. The van der Waals surface area contributed by atoms with Gasteiger partial charge in [0.2, 0.25) is 0 Å². The molecule has 2 heterocycles. The summed E-state index contributed by atoms with van der Waals surface area (Å²) < 4.78 is 0. The van der Waals surface area contributed by atoms with Gasteiger partial charge in [0, 0.05) is 23.9 Å². The van der Waals surface area contributed by atoms with E-state index in [9.17, 15) is 10.2 Å². The predicted octanol–water partition coefficient (Wildman–Crippen LogP) is 3.87. The van der Waals surface area contributed by atoms with Crippen molar-refractivity contribution in [3.8, 4) is 22.8 Å². The van der Waals surface area contributed by atoms with Gasteiger partial charge in [-0.15, -0.1) is 10.2 Å². The Morgan fingerprint density at radius 1 is 0.960 bits per heavy atom. The monoisotopic (exact) mass is 333 g/mol. The molecule has 2 N–H and O–H groups in total. The molecule has 5 heteroatoms. The van der Waals surface area contributed by atoms with Crippen LogP contribution in [0.2, 0.25) is 0 Å². The average Bonchev–Trinajstić information content (AvgIpc) is 2.97. The standard InChI is InChI=1S/C20H19N3O2/c1-12-9-13(2)20(18(25)10-12)16-5-6-19(22-21-16)23-8-7-14-3-4-15(24)11-17(14)23/h3-6,9-11,24-25H,7-8H2,1-2H3. The maximum atomic E-state index is 10.3. The molecule has 0 amide bonds. The molecule has 0 radical (unpaired) electrons. The molecule has 0 aliphatic carbocycles. The number of hydrogen-bond donors (Lipinski definition) is 2. The Kier molecular flexibility index (Phi) is 3.57. The van der Waals surface area contributed by atoms with Crippen LogP contribution in [-0.4, -0.2) is 27.0 Å². The first-order chi connectivity index (χ1) is 12.0. The Balaban J connectivity index is 1.70. The third-order valence-corrected chi connectivity index (χ3v) is 4.61. The largest absolute Gasteiger partial charge is 0.508 e. The van der Waals surface area contributed by atoms with Crippen LogP contribution < -0.4 is 4.90 Å². The number of nitrogens with zero attached hydrogens (tertiary/aromatic N) is 3. The zero-order valence-corrected chi connectivity index (χ0v) is 14.2. The van der Waals surface area contributed by atoms with Crippen LogP contribution in [0.4, 0.5) is 11.5 Å². The van der Waals surface area contributed by atoms with Gasteiger partial charge in [-0.1, -0.05) is 12.1 Å². The van der Waals surface area contributed by atoms with Gasteiger partial charge >= 0.3 is 0 Å². The second-order valence-corrected chi connectivity index (χ2v) is 6.47. The van der Waals surface area contributed by atoms with Crippen LogP contribution in [-0.2, 0) is 6.42 Å². The number of aryl methyl sites for hydroxylation is 2. The normalized spacial score (nSPS) is 13.1. The fourth-order valence-electron chi connectivity index (χ4n) is 3.49. The number of hydrogen-bond acceptors (Lipinski definition) is 5. The van der Waals surface area contributed by atoms with Gasteiger partial charge in [-0.25, -0.2) is 0 Å². The molecule has 2 aromatic carbocycles. The summed E-state index contributed by atoms with van der Waals surface area (Å²) in [6, 6.07) is 12.9. The van der Waals surface area contributed by atoms with Crippen molar-refractivity contribution in [1.29, 1.82) is 0 Å². The van der Waals surface area contributed by atoms with Crippen molar-refractivity contribution in [1.82, 2.24) is 10.2 Å². The van der Waals surface area contributed by atoms with Crippen LogP contribution >= 0.6 is 0 Å². The number of rotatable bonds is 2. The quantitative estimate of drug-likeness (QED) is 0.745. The molecule has 1 aliphatic heterocycles. The average molecular weight is 333 g/mol. The van der Waals surface area contributed by atoms with E-state index in [1.54, 1.807) is 18.2 Å². The van der Waals surface area contributed by atoms with E-state index in [0.29, 0.717) is 11.3 Å². The first kappa shape index (κ1) is 15.4. The number of aromatic hydroxyl groups is 2. The van der Waals surface area contributed by atoms with Crippen LogP contribution in [0.3, 0.4) is 0 Å². The molecule has 1 aliphatic rings. The Morgan fingerprint density at radius 3 is 2.52 bits per heavy atom. The second-order valence-electron chi connectivity index (χ2n) is 6.47. The number of fused-ring (bicyclic) bond motifs is 1. The van der Waals surface area contributed by atoms with Gasteiger partial charge in [-0.2, -0.15) is 0 Å². The third-order valence-electron chi connectivity index (χ3n) is 4.61. The molecular formula is C20H19N3O2. The first-order valence-electron chi connectivity index (χ1n) is 8.26. The van der Waals surface area contributed by atoms with Crippen molar-refractivity contribution in [3.63, 3.8) is 0 Å². The lowest BCUT2D eigenvalue weighted by molar-refractivity contribution is 0.475. The van der Waals surface area contributed by atoms with Gasteiger partial charge in [0.1, 0.15) is 11.5 Å². The van der Waals surface area contributed by atoms with Crippen LogP contribution in [0.5, 0.6) is 11.5 Å². The van der Waals surface area contributed by atoms with E-state index in [4.69, 9.17) is 0 Å². The molecule has 0 atom stereocenters. The van der Waals surface area contributed by atoms with E-state index in [-0.39, 0.29) is 11.5 Å². The van der Waals surface area contributed by atoms with E-state index < -0.39 is 0 Å². The van der Waals surface area contributed by atoms with Crippen LogP contribution in [0, 0.1) is 13.8 Å². The highest BCUT2D eigenvalue weighted by Crippen LogP contribution is 2.37. The summed E-state index contributed by atoms with van der Waals surface area (Å²) in [6.45, 7) is 4.71. The Bertz CT molecular complexity index is 929.